The van der Waals surface area contributed by atoms with Gasteiger partial charge in [0.2, 0.25) is 5.91 Å². The fourth-order valence-corrected chi connectivity index (χ4v) is 3.06. The van der Waals surface area contributed by atoms with Gasteiger partial charge in [-0.25, -0.2) is 0 Å². The molecule has 128 valence electrons. The van der Waals surface area contributed by atoms with Crippen LogP contribution in [-0.2, 0) is 11.3 Å². The maximum Gasteiger partial charge on any atom is 0.237 e. The quantitative estimate of drug-likeness (QED) is 0.698. The zero-order valence-corrected chi connectivity index (χ0v) is 14.8. The second-order valence-electron chi connectivity index (χ2n) is 7.65. The van der Waals surface area contributed by atoms with E-state index in [0.717, 1.165) is 30.9 Å². The van der Waals surface area contributed by atoms with E-state index < -0.39 is 0 Å². The minimum atomic E-state index is 0.275. The zero-order chi connectivity index (χ0) is 16.4. The number of amides is 1. The molecule has 1 aromatic heterocycles. The summed E-state index contributed by atoms with van der Waals surface area (Å²) in [6.45, 7) is 8.71. The minimum absolute atomic E-state index is 0.275. The van der Waals surface area contributed by atoms with E-state index in [0.29, 0.717) is 31.1 Å². The highest BCUT2D eigenvalue weighted by molar-refractivity contribution is 5.79. The molecule has 0 radical (unpaired) electrons. The van der Waals surface area contributed by atoms with Crippen LogP contribution in [0.15, 0.2) is 16.5 Å². The van der Waals surface area contributed by atoms with Crippen LogP contribution in [-0.4, -0.2) is 40.9 Å². The van der Waals surface area contributed by atoms with Gasteiger partial charge < -0.3 is 9.32 Å². The van der Waals surface area contributed by atoms with Crippen LogP contribution in [0.2, 0.25) is 0 Å². The van der Waals surface area contributed by atoms with Gasteiger partial charge in [0.05, 0.1) is 13.1 Å². The number of carbonyl (C=O) groups is 1. The van der Waals surface area contributed by atoms with Crippen molar-refractivity contribution in [2.75, 3.05) is 13.1 Å². The van der Waals surface area contributed by atoms with Crippen LogP contribution in [0.3, 0.4) is 0 Å². The van der Waals surface area contributed by atoms with Gasteiger partial charge in [0.15, 0.2) is 0 Å². The van der Waals surface area contributed by atoms with Gasteiger partial charge in [-0.3, -0.25) is 9.69 Å². The normalized spacial score (nSPS) is 18.0. The Morgan fingerprint density at radius 2 is 1.91 bits per heavy atom. The molecular formula is C19H30N2O2. The molecule has 2 aliphatic rings. The average Bonchev–Trinajstić information content (AvgIpc) is 3.40. The Balaban J connectivity index is 1.58. The van der Waals surface area contributed by atoms with Gasteiger partial charge in [0, 0.05) is 12.1 Å². The summed E-state index contributed by atoms with van der Waals surface area (Å²) in [5, 5.41) is 0. The minimum Gasteiger partial charge on any atom is -0.464 e. The van der Waals surface area contributed by atoms with Crippen molar-refractivity contribution in [1.82, 2.24) is 9.80 Å². The highest BCUT2D eigenvalue weighted by Crippen LogP contribution is 2.31. The molecule has 2 saturated carbocycles. The maximum absolute atomic E-state index is 12.9. The summed E-state index contributed by atoms with van der Waals surface area (Å²) in [7, 11) is 0. The number of carbonyl (C=O) groups excluding carboxylic acids is 1. The van der Waals surface area contributed by atoms with E-state index in [2.05, 4.69) is 18.7 Å². The van der Waals surface area contributed by atoms with Crippen molar-refractivity contribution in [3.8, 4) is 0 Å². The Hall–Kier alpha value is -1.29. The van der Waals surface area contributed by atoms with Crippen LogP contribution in [0.4, 0.5) is 0 Å². The smallest absolute Gasteiger partial charge is 0.237 e. The van der Waals surface area contributed by atoms with Crippen molar-refractivity contribution in [3.63, 3.8) is 0 Å². The first-order valence-corrected chi connectivity index (χ1v) is 9.11. The zero-order valence-electron chi connectivity index (χ0n) is 14.8. The van der Waals surface area contributed by atoms with Gasteiger partial charge >= 0.3 is 0 Å². The summed E-state index contributed by atoms with van der Waals surface area (Å²) >= 11 is 0. The molecule has 0 saturated heterocycles. The third-order valence-corrected chi connectivity index (χ3v) is 4.83. The van der Waals surface area contributed by atoms with Gasteiger partial charge in [0.1, 0.15) is 11.5 Å². The molecule has 1 aromatic rings. The Morgan fingerprint density at radius 3 is 2.43 bits per heavy atom. The monoisotopic (exact) mass is 318 g/mol. The highest BCUT2D eigenvalue weighted by Gasteiger charge is 2.36. The molecule has 0 atom stereocenters. The predicted octanol–water partition coefficient (Wildman–Crippen LogP) is 3.59. The van der Waals surface area contributed by atoms with E-state index in [1.54, 1.807) is 0 Å². The van der Waals surface area contributed by atoms with Crippen LogP contribution in [0, 0.1) is 12.8 Å². The van der Waals surface area contributed by atoms with Crippen LogP contribution in [0.5, 0.6) is 0 Å². The third kappa shape index (κ3) is 4.84. The van der Waals surface area contributed by atoms with Crippen LogP contribution in [0.25, 0.3) is 0 Å². The van der Waals surface area contributed by atoms with E-state index in [9.17, 15) is 4.79 Å². The molecule has 1 heterocycles. The maximum atomic E-state index is 12.9. The second-order valence-corrected chi connectivity index (χ2v) is 7.65. The van der Waals surface area contributed by atoms with Crippen LogP contribution >= 0.6 is 0 Å². The van der Waals surface area contributed by atoms with E-state index >= 15 is 0 Å². The number of rotatable bonds is 9. The molecule has 2 fully saturated rings. The first kappa shape index (κ1) is 16.6. The summed E-state index contributed by atoms with van der Waals surface area (Å²) in [6.07, 6.45) is 5.96. The molecule has 0 spiro atoms. The summed E-state index contributed by atoms with van der Waals surface area (Å²) < 4.78 is 5.68. The number of hydrogen-bond donors (Lipinski definition) is 0. The Morgan fingerprint density at radius 1 is 1.22 bits per heavy atom. The average molecular weight is 318 g/mol. The molecule has 0 N–H and O–H groups in total. The largest absolute Gasteiger partial charge is 0.464 e. The molecule has 4 heteroatoms. The Labute approximate surface area is 139 Å². The molecule has 4 nitrogen and oxygen atoms in total. The van der Waals surface area contributed by atoms with Gasteiger partial charge in [-0.1, -0.05) is 13.8 Å². The standard InChI is InChI=1S/C19H30N2O2/c1-14(2)10-11-20(16-5-6-16)13-19(22)21(17-7-8-17)12-18-9-4-15(3)23-18/h4,9,14,16-17H,5-8,10-13H2,1-3H3. The highest BCUT2D eigenvalue weighted by atomic mass is 16.3. The van der Waals surface area contributed by atoms with Crippen molar-refractivity contribution in [3.05, 3.63) is 23.7 Å². The molecule has 0 aromatic carbocycles. The number of nitrogens with zero attached hydrogens (tertiary/aromatic N) is 2. The predicted molar refractivity (Wildman–Crippen MR) is 91.1 cm³/mol. The van der Waals surface area contributed by atoms with Crippen molar-refractivity contribution in [2.24, 2.45) is 5.92 Å². The Kier molecular flexibility index (Phi) is 5.10. The fraction of sp³-hybridized carbons (Fsp3) is 0.737. The van der Waals surface area contributed by atoms with Crippen LogP contribution in [0.1, 0.15) is 57.5 Å². The van der Waals surface area contributed by atoms with Gasteiger partial charge in [-0.2, -0.15) is 0 Å². The summed E-state index contributed by atoms with van der Waals surface area (Å²) in [5.41, 5.74) is 0. The lowest BCUT2D eigenvalue weighted by atomic mass is 10.1. The van der Waals surface area contributed by atoms with Crippen molar-refractivity contribution < 1.29 is 9.21 Å². The SMILES string of the molecule is Cc1ccc(CN(C(=O)CN(CCC(C)C)C2CC2)C2CC2)o1. The topological polar surface area (TPSA) is 36.7 Å². The molecule has 0 bridgehead atoms. The summed E-state index contributed by atoms with van der Waals surface area (Å²) in [6, 6.07) is 5.04. The molecular weight excluding hydrogens is 288 g/mol. The fourth-order valence-electron chi connectivity index (χ4n) is 3.06. The number of aryl methyl sites for hydroxylation is 1. The van der Waals surface area contributed by atoms with Crippen molar-refractivity contribution in [1.29, 1.82) is 0 Å². The first-order valence-electron chi connectivity index (χ1n) is 9.11. The van der Waals surface area contributed by atoms with E-state index in [1.807, 2.05) is 24.0 Å². The third-order valence-electron chi connectivity index (χ3n) is 4.83. The van der Waals surface area contributed by atoms with Crippen LogP contribution < -0.4 is 0 Å². The molecule has 0 aliphatic heterocycles. The van der Waals surface area contributed by atoms with E-state index in [4.69, 9.17) is 4.42 Å². The lowest BCUT2D eigenvalue weighted by Crippen LogP contribution is -2.42. The summed E-state index contributed by atoms with van der Waals surface area (Å²) in [5.74, 6) is 2.79. The second kappa shape index (κ2) is 7.08. The molecule has 2 aliphatic carbocycles. The van der Waals surface area contributed by atoms with Gasteiger partial charge in [0.25, 0.3) is 0 Å². The van der Waals surface area contributed by atoms with Crippen molar-refractivity contribution >= 4 is 5.91 Å². The van der Waals surface area contributed by atoms with E-state index in [-0.39, 0.29) is 5.91 Å². The lowest BCUT2D eigenvalue weighted by molar-refractivity contribution is -0.134. The molecule has 3 rings (SSSR count). The Bertz CT molecular complexity index is 529. The number of furan rings is 1. The van der Waals surface area contributed by atoms with Crippen molar-refractivity contribution in [2.45, 2.75) is 71.5 Å². The molecule has 0 unspecified atom stereocenters. The first-order chi connectivity index (χ1) is 11.0. The lowest BCUT2D eigenvalue weighted by Gasteiger charge is -2.27. The molecule has 1 amide bonds. The van der Waals surface area contributed by atoms with Gasteiger partial charge in [-0.15, -0.1) is 0 Å². The van der Waals surface area contributed by atoms with E-state index in [1.165, 1.54) is 19.3 Å². The molecule has 23 heavy (non-hydrogen) atoms. The van der Waals surface area contributed by atoms with Gasteiger partial charge in [-0.05, 0) is 63.6 Å². The number of hydrogen-bond acceptors (Lipinski definition) is 3. The summed E-state index contributed by atoms with van der Waals surface area (Å²) in [4.78, 5) is 17.3.